The van der Waals surface area contributed by atoms with E-state index >= 15 is 0 Å². The lowest BCUT2D eigenvalue weighted by molar-refractivity contribution is -0.123. The van der Waals surface area contributed by atoms with Crippen LogP contribution in [0.1, 0.15) is 17.2 Å². The molecule has 28 heavy (non-hydrogen) atoms. The SMILES string of the molecule is Cc1cccc(C(CNC(=O)COc2ccc(F)cc2F)N2CCOCC2)c1. The Morgan fingerprint density at radius 3 is 2.71 bits per heavy atom. The highest BCUT2D eigenvalue weighted by molar-refractivity contribution is 5.77. The van der Waals surface area contributed by atoms with Crippen LogP contribution in [-0.2, 0) is 9.53 Å². The highest BCUT2D eigenvalue weighted by Crippen LogP contribution is 2.22. The van der Waals surface area contributed by atoms with Crippen molar-refractivity contribution >= 4 is 5.91 Å². The second-order valence-electron chi connectivity index (χ2n) is 6.75. The number of hydrogen-bond donors (Lipinski definition) is 1. The van der Waals surface area contributed by atoms with Gasteiger partial charge in [0, 0.05) is 25.7 Å². The van der Waals surface area contributed by atoms with Gasteiger partial charge in [-0.15, -0.1) is 0 Å². The molecule has 1 saturated heterocycles. The summed E-state index contributed by atoms with van der Waals surface area (Å²) in [5.74, 6) is -2.05. The van der Waals surface area contributed by atoms with Crippen molar-refractivity contribution in [2.75, 3.05) is 39.5 Å². The Hall–Kier alpha value is -2.51. The minimum Gasteiger partial charge on any atom is -0.481 e. The Balaban J connectivity index is 1.60. The Bertz CT molecular complexity index is 810. The first kappa shape index (κ1) is 20.2. The minimum atomic E-state index is -0.834. The predicted molar refractivity (Wildman–Crippen MR) is 101 cm³/mol. The number of carbonyl (C=O) groups excluding carboxylic acids is 1. The molecule has 0 radical (unpaired) electrons. The molecule has 1 aliphatic heterocycles. The normalized spacial score (nSPS) is 15.8. The van der Waals surface area contributed by atoms with E-state index < -0.39 is 11.6 Å². The molecule has 0 aromatic heterocycles. The van der Waals surface area contributed by atoms with Crippen LogP contribution in [0.5, 0.6) is 5.75 Å². The quantitative estimate of drug-likeness (QED) is 0.790. The Morgan fingerprint density at radius 2 is 2.00 bits per heavy atom. The summed E-state index contributed by atoms with van der Waals surface area (Å²) in [5.41, 5.74) is 2.27. The molecule has 1 atom stereocenters. The summed E-state index contributed by atoms with van der Waals surface area (Å²) in [7, 11) is 0. The van der Waals surface area contributed by atoms with Gasteiger partial charge >= 0.3 is 0 Å². The molecular weight excluding hydrogens is 366 g/mol. The van der Waals surface area contributed by atoms with Crippen molar-refractivity contribution in [3.8, 4) is 5.75 Å². The number of hydrogen-bond acceptors (Lipinski definition) is 4. The van der Waals surface area contributed by atoms with Crippen LogP contribution in [0.25, 0.3) is 0 Å². The molecule has 2 aromatic rings. The largest absolute Gasteiger partial charge is 0.481 e. The molecule has 1 unspecified atom stereocenters. The summed E-state index contributed by atoms with van der Waals surface area (Å²) in [6, 6.07) is 11.2. The molecule has 0 spiro atoms. The molecule has 0 aliphatic carbocycles. The van der Waals surface area contributed by atoms with Crippen molar-refractivity contribution in [3.05, 3.63) is 65.2 Å². The molecule has 150 valence electrons. The van der Waals surface area contributed by atoms with Crippen LogP contribution in [0.4, 0.5) is 8.78 Å². The Kier molecular flexibility index (Phi) is 6.95. The van der Waals surface area contributed by atoms with Gasteiger partial charge in [-0.25, -0.2) is 8.78 Å². The molecular formula is C21H24F2N2O3. The van der Waals surface area contributed by atoms with Gasteiger partial charge in [0.1, 0.15) is 5.82 Å². The van der Waals surface area contributed by atoms with Crippen molar-refractivity contribution in [2.24, 2.45) is 0 Å². The number of aryl methyl sites for hydroxylation is 1. The van der Waals surface area contributed by atoms with E-state index in [2.05, 4.69) is 16.3 Å². The lowest BCUT2D eigenvalue weighted by Crippen LogP contribution is -2.44. The van der Waals surface area contributed by atoms with Gasteiger partial charge in [-0.05, 0) is 24.6 Å². The van der Waals surface area contributed by atoms with Crippen LogP contribution >= 0.6 is 0 Å². The number of amides is 1. The zero-order valence-electron chi connectivity index (χ0n) is 15.8. The van der Waals surface area contributed by atoms with Crippen molar-refractivity contribution in [1.29, 1.82) is 0 Å². The lowest BCUT2D eigenvalue weighted by atomic mass is 10.0. The summed E-state index contributed by atoms with van der Waals surface area (Å²) < 4.78 is 37.1. The number of halogens is 2. The fourth-order valence-corrected chi connectivity index (χ4v) is 3.22. The Labute approximate surface area is 163 Å². The summed E-state index contributed by atoms with van der Waals surface area (Å²) in [5, 5.41) is 2.86. The van der Waals surface area contributed by atoms with E-state index in [1.165, 1.54) is 6.07 Å². The van der Waals surface area contributed by atoms with Crippen LogP contribution in [0.15, 0.2) is 42.5 Å². The van der Waals surface area contributed by atoms with E-state index in [0.29, 0.717) is 19.8 Å². The third-order valence-electron chi connectivity index (χ3n) is 4.66. The topological polar surface area (TPSA) is 50.8 Å². The van der Waals surface area contributed by atoms with Gasteiger partial charge in [-0.1, -0.05) is 29.8 Å². The van der Waals surface area contributed by atoms with Crippen LogP contribution in [0, 0.1) is 18.6 Å². The summed E-state index contributed by atoms with van der Waals surface area (Å²) >= 11 is 0. The molecule has 1 amide bonds. The third-order valence-corrected chi connectivity index (χ3v) is 4.66. The van der Waals surface area contributed by atoms with Crippen molar-refractivity contribution < 1.29 is 23.0 Å². The van der Waals surface area contributed by atoms with Crippen LogP contribution in [0.3, 0.4) is 0 Å². The van der Waals surface area contributed by atoms with Gasteiger partial charge in [-0.2, -0.15) is 0 Å². The highest BCUT2D eigenvalue weighted by atomic mass is 19.1. The van der Waals surface area contributed by atoms with Crippen LogP contribution in [-0.4, -0.2) is 50.3 Å². The molecule has 7 heteroatoms. The van der Waals surface area contributed by atoms with Crippen molar-refractivity contribution in [3.63, 3.8) is 0 Å². The molecule has 1 aliphatic rings. The molecule has 5 nitrogen and oxygen atoms in total. The zero-order valence-corrected chi connectivity index (χ0v) is 15.8. The van der Waals surface area contributed by atoms with E-state index in [0.717, 1.165) is 36.3 Å². The van der Waals surface area contributed by atoms with Gasteiger partial charge < -0.3 is 14.8 Å². The number of carbonyl (C=O) groups is 1. The van der Waals surface area contributed by atoms with Crippen LogP contribution < -0.4 is 10.1 Å². The maximum atomic E-state index is 13.6. The molecule has 1 N–H and O–H groups in total. The van der Waals surface area contributed by atoms with Crippen LogP contribution in [0.2, 0.25) is 0 Å². The van der Waals surface area contributed by atoms with Gasteiger partial charge in [-0.3, -0.25) is 9.69 Å². The first-order valence-corrected chi connectivity index (χ1v) is 9.26. The lowest BCUT2D eigenvalue weighted by Gasteiger charge is -2.35. The molecule has 2 aromatic carbocycles. The molecule has 1 fully saturated rings. The fourth-order valence-electron chi connectivity index (χ4n) is 3.22. The molecule has 0 bridgehead atoms. The average Bonchev–Trinajstić information content (AvgIpc) is 2.68. The van der Waals surface area contributed by atoms with Crippen molar-refractivity contribution in [2.45, 2.75) is 13.0 Å². The first-order valence-electron chi connectivity index (χ1n) is 9.26. The smallest absolute Gasteiger partial charge is 0.258 e. The number of morpholine rings is 1. The van der Waals surface area contributed by atoms with E-state index in [1.54, 1.807) is 0 Å². The molecule has 1 heterocycles. The number of nitrogens with one attached hydrogen (secondary N) is 1. The molecule has 0 saturated carbocycles. The maximum Gasteiger partial charge on any atom is 0.258 e. The van der Waals surface area contributed by atoms with Gasteiger partial charge in [0.2, 0.25) is 0 Å². The van der Waals surface area contributed by atoms with Crippen molar-refractivity contribution in [1.82, 2.24) is 10.2 Å². The number of nitrogens with zero attached hydrogens (tertiary/aromatic N) is 1. The second kappa shape index (κ2) is 9.61. The van der Waals surface area contributed by atoms with Gasteiger partial charge in [0.15, 0.2) is 18.2 Å². The van der Waals surface area contributed by atoms with E-state index in [9.17, 15) is 13.6 Å². The average molecular weight is 390 g/mol. The third kappa shape index (κ3) is 5.50. The number of ether oxygens (including phenoxy) is 2. The number of rotatable bonds is 7. The zero-order chi connectivity index (χ0) is 19.9. The predicted octanol–water partition coefficient (Wildman–Crippen LogP) is 2.84. The standard InChI is InChI=1S/C21H24F2N2O3/c1-15-3-2-4-16(11-15)19(25-7-9-27-10-8-25)13-24-21(26)14-28-20-6-5-17(22)12-18(20)23/h2-6,11-12,19H,7-10,13-14H2,1H3,(H,24,26). The van der Waals surface area contributed by atoms with E-state index in [-0.39, 0.29) is 24.3 Å². The maximum absolute atomic E-state index is 13.6. The van der Waals surface area contributed by atoms with E-state index in [1.807, 2.05) is 25.1 Å². The summed E-state index contributed by atoms with van der Waals surface area (Å²) in [6.45, 7) is 4.97. The van der Waals surface area contributed by atoms with Gasteiger partial charge in [0.05, 0.1) is 19.3 Å². The van der Waals surface area contributed by atoms with E-state index in [4.69, 9.17) is 9.47 Å². The minimum absolute atomic E-state index is 0.00954. The Morgan fingerprint density at radius 1 is 1.21 bits per heavy atom. The number of benzene rings is 2. The second-order valence-corrected chi connectivity index (χ2v) is 6.75. The highest BCUT2D eigenvalue weighted by Gasteiger charge is 2.23. The van der Waals surface area contributed by atoms with Gasteiger partial charge in [0.25, 0.3) is 5.91 Å². The monoisotopic (exact) mass is 390 g/mol. The fraction of sp³-hybridized carbons (Fsp3) is 0.381. The molecule has 3 rings (SSSR count). The summed E-state index contributed by atoms with van der Waals surface area (Å²) in [4.78, 5) is 14.5. The summed E-state index contributed by atoms with van der Waals surface area (Å²) in [6.07, 6.45) is 0. The first-order chi connectivity index (χ1) is 13.5.